The van der Waals surface area contributed by atoms with Crippen LogP contribution in [0.25, 0.3) is 0 Å². The Hall–Kier alpha value is -2.38. The van der Waals surface area contributed by atoms with Crippen LogP contribution in [0.1, 0.15) is 49.3 Å². The lowest BCUT2D eigenvalue weighted by atomic mass is 10.1. The van der Waals surface area contributed by atoms with Crippen LogP contribution in [0.5, 0.6) is 0 Å². The van der Waals surface area contributed by atoms with E-state index in [4.69, 9.17) is 0 Å². The first-order valence-corrected chi connectivity index (χ1v) is 8.84. The average molecular weight is 346 g/mol. The normalized spacial score (nSPS) is 17.2. The first-order chi connectivity index (χ1) is 11.9. The van der Waals surface area contributed by atoms with Gasteiger partial charge in [0.25, 0.3) is 0 Å². The van der Waals surface area contributed by atoms with Gasteiger partial charge in [0.2, 0.25) is 5.91 Å². The molecule has 0 radical (unpaired) electrons. The van der Waals surface area contributed by atoms with Crippen molar-refractivity contribution in [3.8, 4) is 0 Å². The molecule has 0 aromatic carbocycles. The van der Waals surface area contributed by atoms with Gasteiger partial charge in [0, 0.05) is 45.4 Å². The fourth-order valence-electron chi connectivity index (χ4n) is 3.46. The molecule has 0 saturated carbocycles. The molecule has 8 nitrogen and oxygen atoms in total. The van der Waals surface area contributed by atoms with Crippen molar-refractivity contribution in [2.24, 2.45) is 7.05 Å². The maximum atomic E-state index is 13.1. The fourth-order valence-corrected chi connectivity index (χ4v) is 3.46. The predicted molar refractivity (Wildman–Crippen MR) is 93.2 cm³/mol. The van der Waals surface area contributed by atoms with Gasteiger partial charge in [-0.05, 0) is 26.7 Å². The minimum absolute atomic E-state index is 0.0399. The lowest BCUT2D eigenvalue weighted by Crippen LogP contribution is -2.38. The number of rotatable bonds is 4. The first-order valence-electron chi connectivity index (χ1n) is 8.84. The maximum Gasteiger partial charge on any atom is 0.346 e. The van der Waals surface area contributed by atoms with Gasteiger partial charge in [-0.1, -0.05) is 6.42 Å². The van der Waals surface area contributed by atoms with Gasteiger partial charge < -0.3 is 4.90 Å². The number of nitrogens with zero attached hydrogens (tertiary/aromatic N) is 6. The summed E-state index contributed by atoms with van der Waals surface area (Å²) in [7, 11) is 3.43. The number of fused-ring (bicyclic) bond motifs is 1. The van der Waals surface area contributed by atoms with Crippen LogP contribution in [0.3, 0.4) is 0 Å². The molecule has 3 heterocycles. The van der Waals surface area contributed by atoms with Crippen molar-refractivity contribution in [3.05, 3.63) is 33.8 Å². The molecule has 136 valence electrons. The number of carbonyl (C=O) groups is 1. The third-order valence-corrected chi connectivity index (χ3v) is 4.91. The van der Waals surface area contributed by atoms with E-state index in [1.807, 2.05) is 24.7 Å². The minimum Gasteiger partial charge on any atom is -0.339 e. The van der Waals surface area contributed by atoms with Gasteiger partial charge in [0.05, 0.1) is 5.69 Å². The Morgan fingerprint density at radius 1 is 1.36 bits per heavy atom. The summed E-state index contributed by atoms with van der Waals surface area (Å²) in [5.41, 5.74) is 1.75. The Balaban J connectivity index is 1.84. The highest BCUT2D eigenvalue weighted by Crippen LogP contribution is 2.23. The van der Waals surface area contributed by atoms with E-state index in [2.05, 4.69) is 10.2 Å². The van der Waals surface area contributed by atoms with Gasteiger partial charge >= 0.3 is 5.69 Å². The van der Waals surface area contributed by atoms with Crippen molar-refractivity contribution in [2.75, 3.05) is 7.05 Å². The Morgan fingerprint density at radius 2 is 2.12 bits per heavy atom. The zero-order chi connectivity index (χ0) is 18.1. The summed E-state index contributed by atoms with van der Waals surface area (Å²) >= 11 is 0. The monoisotopic (exact) mass is 346 g/mol. The molecule has 0 spiro atoms. The molecule has 1 aliphatic heterocycles. The van der Waals surface area contributed by atoms with Crippen LogP contribution >= 0.6 is 0 Å². The number of hydrogen-bond donors (Lipinski definition) is 0. The number of likely N-dealkylation sites (N-methyl/N-ethyl adjacent to an activating group) is 1. The third kappa shape index (κ3) is 3.25. The molecule has 0 bridgehead atoms. The van der Waals surface area contributed by atoms with Crippen molar-refractivity contribution in [1.29, 1.82) is 0 Å². The quantitative estimate of drug-likeness (QED) is 0.828. The molecule has 1 atom stereocenters. The molecule has 0 fully saturated rings. The van der Waals surface area contributed by atoms with E-state index < -0.39 is 6.04 Å². The second-order valence-corrected chi connectivity index (χ2v) is 6.74. The molecule has 3 rings (SSSR count). The van der Waals surface area contributed by atoms with E-state index in [1.165, 1.54) is 4.68 Å². The zero-order valence-electron chi connectivity index (χ0n) is 15.4. The highest BCUT2D eigenvalue weighted by molar-refractivity contribution is 5.80. The van der Waals surface area contributed by atoms with Crippen molar-refractivity contribution in [2.45, 2.75) is 58.7 Å². The van der Waals surface area contributed by atoms with Gasteiger partial charge in [-0.3, -0.25) is 14.0 Å². The lowest BCUT2D eigenvalue weighted by Gasteiger charge is -2.23. The highest BCUT2D eigenvalue weighted by atomic mass is 16.2. The van der Waals surface area contributed by atoms with Gasteiger partial charge in [0.15, 0.2) is 0 Å². The second-order valence-electron chi connectivity index (χ2n) is 6.74. The summed E-state index contributed by atoms with van der Waals surface area (Å²) in [6, 6.07) is -0.467. The van der Waals surface area contributed by atoms with Crippen LogP contribution < -0.4 is 5.69 Å². The first kappa shape index (κ1) is 17.4. The molecule has 1 aliphatic rings. The summed E-state index contributed by atoms with van der Waals surface area (Å²) in [4.78, 5) is 27.2. The van der Waals surface area contributed by atoms with Crippen LogP contribution in [0.15, 0.2) is 11.0 Å². The Morgan fingerprint density at radius 3 is 2.80 bits per heavy atom. The number of hydrogen-bond acceptors (Lipinski definition) is 4. The molecule has 25 heavy (non-hydrogen) atoms. The molecule has 0 saturated heterocycles. The lowest BCUT2D eigenvalue weighted by molar-refractivity contribution is -0.134. The van der Waals surface area contributed by atoms with E-state index >= 15 is 0 Å². The fraction of sp³-hybridized carbons (Fsp3) is 0.647. The summed E-state index contributed by atoms with van der Waals surface area (Å²) in [6.45, 7) is 5.28. The molecular formula is C17H26N6O2. The zero-order valence-corrected chi connectivity index (χ0v) is 15.4. The minimum atomic E-state index is -0.467. The summed E-state index contributed by atoms with van der Waals surface area (Å²) in [5.74, 6) is 0.675. The van der Waals surface area contributed by atoms with Crippen molar-refractivity contribution in [1.82, 2.24) is 29.0 Å². The van der Waals surface area contributed by atoms with E-state index in [-0.39, 0.29) is 11.6 Å². The molecule has 0 N–H and O–H groups in total. The van der Waals surface area contributed by atoms with Crippen LogP contribution in [0, 0.1) is 6.92 Å². The number of aryl methyl sites for hydroxylation is 4. The summed E-state index contributed by atoms with van der Waals surface area (Å²) < 4.78 is 4.79. The number of aromatic nitrogens is 5. The van der Waals surface area contributed by atoms with E-state index in [1.54, 1.807) is 23.6 Å². The second kappa shape index (κ2) is 6.85. The predicted octanol–water partition coefficient (Wildman–Crippen LogP) is 1.03. The highest BCUT2D eigenvalue weighted by Gasteiger charge is 2.30. The van der Waals surface area contributed by atoms with Crippen molar-refractivity contribution < 1.29 is 4.79 Å². The summed E-state index contributed by atoms with van der Waals surface area (Å²) in [5, 5.41) is 8.73. The Kier molecular flexibility index (Phi) is 4.78. The largest absolute Gasteiger partial charge is 0.346 e. The van der Waals surface area contributed by atoms with Crippen LogP contribution in [-0.2, 0) is 31.4 Å². The maximum absolute atomic E-state index is 13.1. The van der Waals surface area contributed by atoms with Gasteiger partial charge in [-0.15, -0.1) is 0 Å². The molecule has 2 aromatic rings. The average Bonchev–Trinajstić information content (AvgIpc) is 2.98. The Labute approximate surface area is 147 Å². The molecule has 2 aromatic heterocycles. The van der Waals surface area contributed by atoms with Crippen LogP contribution in [-0.4, -0.2) is 42.0 Å². The molecule has 0 aliphatic carbocycles. The van der Waals surface area contributed by atoms with Gasteiger partial charge in [0.1, 0.15) is 11.9 Å². The smallest absolute Gasteiger partial charge is 0.339 e. The number of amides is 1. The topological polar surface area (TPSA) is 78.0 Å². The van der Waals surface area contributed by atoms with E-state index in [0.29, 0.717) is 18.8 Å². The van der Waals surface area contributed by atoms with Gasteiger partial charge in [-0.2, -0.15) is 10.2 Å². The van der Waals surface area contributed by atoms with Crippen LogP contribution in [0.2, 0.25) is 0 Å². The van der Waals surface area contributed by atoms with Gasteiger partial charge in [-0.25, -0.2) is 9.48 Å². The Bertz CT molecular complexity index is 831. The molecule has 8 heteroatoms. The SMILES string of the molecule is CCn1cc(CN(C)C(=O)C2CCCCc3nn(C)c(=O)n32)c(C)n1. The van der Waals surface area contributed by atoms with Crippen molar-refractivity contribution >= 4 is 5.91 Å². The van der Waals surface area contributed by atoms with Crippen molar-refractivity contribution in [3.63, 3.8) is 0 Å². The number of carbonyl (C=O) groups excluding carboxylic acids is 1. The van der Waals surface area contributed by atoms with Crippen LogP contribution in [0.4, 0.5) is 0 Å². The third-order valence-electron chi connectivity index (χ3n) is 4.91. The summed E-state index contributed by atoms with van der Waals surface area (Å²) in [6.07, 6.45) is 5.27. The molecular weight excluding hydrogens is 320 g/mol. The van der Waals surface area contributed by atoms with E-state index in [0.717, 1.165) is 37.1 Å². The standard InChI is InChI=1S/C17H26N6O2/c1-5-22-11-13(12(2)18-22)10-20(3)16(24)14-8-6-7-9-15-19-21(4)17(25)23(14)15/h11,14H,5-10H2,1-4H3. The van der Waals surface area contributed by atoms with E-state index in [9.17, 15) is 9.59 Å². The molecule has 1 unspecified atom stereocenters. The molecule has 1 amide bonds.